The van der Waals surface area contributed by atoms with Gasteiger partial charge in [-0.25, -0.2) is 4.98 Å². The van der Waals surface area contributed by atoms with E-state index < -0.39 is 0 Å². The van der Waals surface area contributed by atoms with Gasteiger partial charge in [0, 0.05) is 31.3 Å². The number of piperidine rings is 1. The summed E-state index contributed by atoms with van der Waals surface area (Å²) in [4.78, 5) is 20.0. The van der Waals surface area contributed by atoms with Gasteiger partial charge in [0.05, 0.1) is 22.7 Å². The van der Waals surface area contributed by atoms with Crippen LogP contribution in [0.15, 0.2) is 10.6 Å². The van der Waals surface area contributed by atoms with Crippen LogP contribution in [0.4, 0.5) is 0 Å². The number of rotatable bonds is 8. The molecule has 3 heterocycles. The molecule has 2 fully saturated rings. The molecule has 0 bridgehead atoms. The van der Waals surface area contributed by atoms with Gasteiger partial charge in [-0.3, -0.25) is 4.79 Å². The lowest BCUT2D eigenvalue weighted by Crippen LogP contribution is -2.41. The van der Waals surface area contributed by atoms with Crippen LogP contribution in [0.3, 0.4) is 0 Å². The van der Waals surface area contributed by atoms with Crippen molar-refractivity contribution in [3.63, 3.8) is 0 Å². The van der Waals surface area contributed by atoms with Crippen LogP contribution >= 0.6 is 0 Å². The van der Waals surface area contributed by atoms with Crippen LogP contribution in [0.2, 0.25) is 0 Å². The van der Waals surface area contributed by atoms with Crippen molar-refractivity contribution in [1.29, 1.82) is 0 Å². The van der Waals surface area contributed by atoms with Gasteiger partial charge in [-0.05, 0) is 51.1 Å². The molecule has 2 aromatic heterocycles. The molecule has 1 saturated heterocycles. The van der Waals surface area contributed by atoms with E-state index >= 15 is 0 Å². The number of aromatic nitrogens is 2. The summed E-state index contributed by atoms with van der Waals surface area (Å²) in [6.45, 7) is 4.87. The molecule has 2 N–H and O–H groups in total. The van der Waals surface area contributed by atoms with Gasteiger partial charge < -0.3 is 19.9 Å². The molecule has 2 aliphatic rings. The summed E-state index contributed by atoms with van der Waals surface area (Å²) in [6.07, 6.45) is 6.84. The number of ether oxygens (including phenoxy) is 1. The minimum atomic E-state index is 0.0651. The standard InChI is InChI=1S/C21H30N4O3/c1-2-4-17-19-16(13-18(14-5-6-14)23-20(19)28-24-17)21(26)25-10-7-15(8-11-25)27-12-3-9-22/h13-15H,2-12,22H2,1H3. The highest BCUT2D eigenvalue weighted by atomic mass is 16.5. The normalized spacial score (nSPS) is 18.1. The third-order valence-corrected chi connectivity index (χ3v) is 5.68. The summed E-state index contributed by atoms with van der Waals surface area (Å²) in [7, 11) is 0. The molecule has 0 atom stereocenters. The summed E-state index contributed by atoms with van der Waals surface area (Å²) in [5, 5.41) is 5.01. The summed E-state index contributed by atoms with van der Waals surface area (Å²) < 4.78 is 11.4. The predicted octanol–water partition coefficient (Wildman–Crippen LogP) is 3.02. The first kappa shape index (κ1) is 19.3. The van der Waals surface area contributed by atoms with Crippen LogP contribution in [0.25, 0.3) is 11.1 Å². The zero-order chi connectivity index (χ0) is 19.5. The second-order valence-corrected chi connectivity index (χ2v) is 7.93. The van der Waals surface area contributed by atoms with Crippen LogP contribution in [0.5, 0.6) is 0 Å². The zero-order valence-corrected chi connectivity index (χ0v) is 16.7. The molecule has 2 aromatic rings. The van der Waals surface area contributed by atoms with Crippen molar-refractivity contribution in [2.24, 2.45) is 5.73 Å². The van der Waals surface area contributed by atoms with Crippen molar-refractivity contribution in [2.75, 3.05) is 26.2 Å². The van der Waals surface area contributed by atoms with Crippen LogP contribution in [-0.4, -0.2) is 53.3 Å². The van der Waals surface area contributed by atoms with E-state index in [1.807, 2.05) is 11.0 Å². The van der Waals surface area contributed by atoms with Crippen molar-refractivity contribution >= 4 is 17.0 Å². The van der Waals surface area contributed by atoms with Crippen LogP contribution < -0.4 is 5.73 Å². The van der Waals surface area contributed by atoms with Gasteiger partial charge in [0.15, 0.2) is 0 Å². The summed E-state index contributed by atoms with van der Waals surface area (Å²) in [5.41, 5.74) is 8.56. The Labute approximate surface area is 165 Å². The lowest BCUT2D eigenvalue weighted by Gasteiger charge is -2.32. The Hall–Kier alpha value is -1.99. The average molecular weight is 386 g/mol. The van der Waals surface area contributed by atoms with Crippen molar-refractivity contribution in [3.05, 3.63) is 23.0 Å². The molecule has 0 unspecified atom stereocenters. The van der Waals surface area contributed by atoms with Gasteiger partial charge in [0.1, 0.15) is 0 Å². The SMILES string of the molecule is CCCc1noc2nc(C3CC3)cc(C(=O)N3CCC(OCCCN)CC3)c12. The number of likely N-dealkylation sites (tertiary alicyclic amines) is 1. The van der Waals surface area contributed by atoms with E-state index in [0.29, 0.717) is 43.4 Å². The highest BCUT2D eigenvalue weighted by Gasteiger charge is 2.31. The van der Waals surface area contributed by atoms with Gasteiger partial charge in [-0.1, -0.05) is 18.5 Å². The van der Waals surface area contributed by atoms with Crippen LogP contribution in [-0.2, 0) is 11.2 Å². The number of nitrogens with two attached hydrogens (primary N) is 1. The Morgan fingerprint density at radius 3 is 2.79 bits per heavy atom. The van der Waals surface area contributed by atoms with Gasteiger partial charge in [-0.2, -0.15) is 0 Å². The Bertz CT molecular complexity index is 822. The maximum absolute atomic E-state index is 13.4. The van der Waals surface area contributed by atoms with Crippen LogP contribution in [0, 0.1) is 0 Å². The van der Waals surface area contributed by atoms with E-state index in [1.54, 1.807) is 0 Å². The second kappa shape index (κ2) is 8.57. The van der Waals surface area contributed by atoms with Gasteiger partial charge in [-0.15, -0.1) is 0 Å². The summed E-state index contributed by atoms with van der Waals surface area (Å²) in [6, 6.07) is 1.99. The molecule has 1 aliphatic heterocycles. The number of hydrogen-bond acceptors (Lipinski definition) is 6. The Balaban J connectivity index is 1.54. The van der Waals surface area contributed by atoms with Crippen molar-refractivity contribution in [1.82, 2.24) is 15.0 Å². The number of carbonyl (C=O) groups is 1. The number of nitrogens with zero attached hydrogens (tertiary/aromatic N) is 3. The molecule has 0 aromatic carbocycles. The molecule has 0 radical (unpaired) electrons. The van der Waals surface area contributed by atoms with E-state index in [1.165, 1.54) is 0 Å². The smallest absolute Gasteiger partial charge is 0.259 e. The molecule has 4 rings (SSSR count). The first-order valence-electron chi connectivity index (χ1n) is 10.6. The molecule has 7 heteroatoms. The molecule has 28 heavy (non-hydrogen) atoms. The number of amides is 1. The van der Waals surface area contributed by atoms with E-state index in [0.717, 1.165) is 61.7 Å². The fraction of sp³-hybridized carbons (Fsp3) is 0.667. The number of pyridine rings is 1. The first-order chi connectivity index (χ1) is 13.7. The highest BCUT2D eigenvalue weighted by molar-refractivity contribution is 6.06. The van der Waals surface area contributed by atoms with E-state index in [-0.39, 0.29) is 12.0 Å². The summed E-state index contributed by atoms with van der Waals surface area (Å²) in [5.74, 6) is 0.521. The Morgan fingerprint density at radius 1 is 1.32 bits per heavy atom. The molecule has 0 spiro atoms. The van der Waals surface area contributed by atoms with Gasteiger partial charge in [0.25, 0.3) is 11.6 Å². The number of hydrogen-bond donors (Lipinski definition) is 1. The predicted molar refractivity (Wildman–Crippen MR) is 106 cm³/mol. The van der Waals surface area contributed by atoms with E-state index in [4.69, 9.17) is 15.0 Å². The minimum Gasteiger partial charge on any atom is -0.378 e. The molecular formula is C21H30N4O3. The molecule has 1 saturated carbocycles. The Morgan fingerprint density at radius 2 is 2.11 bits per heavy atom. The fourth-order valence-corrected chi connectivity index (χ4v) is 3.92. The quantitative estimate of drug-likeness (QED) is 0.701. The molecule has 7 nitrogen and oxygen atoms in total. The molecular weight excluding hydrogens is 356 g/mol. The highest BCUT2D eigenvalue weighted by Crippen LogP contribution is 2.40. The maximum Gasteiger partial charge on any atom is 0.259 e. The minimum absolute atomic E-state index is 0.0651. The maximum atomic E-state index is 13.4. The number of aryl methyl sites for hydroxylation is 1. The van der Waals surface area contributed by atoms with E-state index in [9.17, 15) is 4.79 Å². The fourth-order valence-electron chi connectivity index (χ4n) is 3.92. The zero-order valence-electron chi connectivity index (χ0n) is 16.7. The third kappa shape index (κ3) is 4.05. The molecule has 152 valence electrons. The van der Waals surface area contributed by atoms with Gasteiger partial charge >= 0.3 is 0 Å². The summed E-state index contributed by atoms with van der Waals surface area (Å²) >= 11 is 0. The molecule has 1 amide bonds. The monoisotopic (exact) mass is 386 g/mol. The number of fused-ring (bicyclic) bond motifs is 1. The van der Waals surface area contributed by atoms with Crippen molar-refractivity contribution in [3.8, 4) is 0 Å². The van der Waals surface area contributed by atoms with Crippen molar-refractivity contribution in [2.45, 2.75) is 63.9 Å². The third-order valence-electron chi connectivity index (χ3n) is 5.68. The largest absolute Gasteiger partial charge is 0.378 e. The number of carbonyl (C=O) groups excluding carboxylic acids is 1. The first-order valence-corrected chi connectivity index (χ1v) is 10.6. The lowest BCUT2D eigenvalue weighted by molar-refractivity contribution is 0.00849. The lowest BCUT2D eigenvalue weighted by atomic mass is 10.0. The van der Waals surface area contributed by atoms with Gasteiger partial charge in [0.2, 0.25) is 0 Å². The molecule has 1 aliphatic carbocycles. The Kier molecular flexibility index (Phi) is 5.92. The second-order valence-electron chi connectivity index (χ2n) is 7.93. The van der Waals surface area contributed by atoms with Crippen molar-refractivity contribution < 1.29 is 14.1 Å². The topological polar surface area (TPSA) is 94.5 Å². The average Bonchev–Trinajstić information content (AvgIpc) is 3.50. The van der Waals surface area contributed by atoms with E-state index in [2.05, 4.69) is 17.1 Å². The van der Waals surface area contributed by atoms with Crippen LogP contribution in [0.1, 0.15) is 73.1 Å².